The van der Waals surface area contributed by atoms with Crippen LogP contribution in [-0.4, -0.2) is 68.3 Å². The molecule has 2 aromatic carbocycles. The van der Waals surface area contributed by atoms with E-state index in [4.69, 9.17) is 4.74 Å². The largest absolute Gasteiger partial charge is 0.497 e. The highest BCUT2D eigenvalue weighted by molar-refractivity contribution is 5.78. The van der Waals surface area contributed by atoms with E-state index in [1.54, 1.807) is 7.11 Å². The molecule has 0 N–H and O–H groups in total. The predicted octanol–water partition coefficient (Wildman–Crippen LogP) is 3.33. The van der Waals surface area contributed by atoms with Gasteiger partial charge in [-0.3, -0.25) is 9.20 Å². The minimum absolute atomic E-state index is 0.147. The van der Waals surface area contributed by atoms with Crippen LogP contribution in [0.5, 0.6) is 5.75 Å². The van der Waals surface area contributed by atoms with Crippen molar-refractivity contribution in [1.82, 2.24) is 29.1 Å². The molecule has 9 heteroatoms. The third-order valence-electron chi connectivity index (χ3n) is 6.77. The van der Waals surface area contributed by atoms with E-state index in [0.29, 0.717) is 25.9 Å². The Morgan fingerprint density at radius 3 is 2.58 bits per heavy atom. The van der Waals surface area contributed by atoms with Crippen molar-refractivity contribution in [3.05, 3.63) is 78.9 Å². The number of benzene rings is 2. The lowest BCUT2D eigenvalue weighted by Gasteiger charge is -2.36. The van der Waals surface area contributed by atoms with Gasteiger partial charge in [0, 0.05) is 68.7 Å². The molecular formula is C27H27N7O2. The van der Waals surface area contributed by atoms with E-state index in [0.717, 1.165) is 52.8 Å². The van der Waals surface area contributed by atoms with Crippen molar-refractivity contribution >= 4 is 22.8 Å². The fourth-order valence-corrected chi connectivity index (χ4v) is 4.78. The van der Waals surface area contributed by atoms with E-state index in [-0.39, 0.29) is 5.91 Å². The molecule has 0 unspecified atom stereocenters. The van der Waals surface area contributed by atoms with Gasteiger partial charge in [0.15, 0.2) is 5.65 Å². The number of carbonyl (C=O) groups is 1. The average Bonchev–Trinajstić information content (AvgIpc) is 3.56. The van der Waals surface area contributed by atoms with Crippen LogP contribution in [0.15, 0.2) is 73.1 Å². The summed E-state index contributed by atoms with van der Waals surface area (Å²) in [6.07, 6.45) is 4.75. The quantitative estimate of drug-likeness (QED) is 0.370. The van der Waals surface area contributed by atoms with E-state index < -0.39 is 0 Å². The zero-order valence-electron chi connectivity index (χ0n) is 20.1. The number of ether oxygens (including phenoxy) is 1. The second kappa shape index (κ2) is 9.33. The van der Waals surface area contributed by atoms with Gasteiger partial charge >= 0.3 is 0 Å². The Hall–Kier alpha value is -4.40. The zero-order chi connectivity index (χ0) is 24.5. The van der Waals surface area contributed by atoms with Crippen LogP contribution >= 0.6 is 0 Å². The van der Waals surface area contributed by atoms with Crippen LogP contribution in [0, 0.1) is 0 Å². The van der Waals surface area contributed by atoms with E-state index in [2.05, 4.69) is 26.3 Å². The van der Waals surface area contributed by atoms with Crippen molar-refractivity contribution in [3.8, 4) is 17.0 Å². The van der Waals surface area contributed by atoms with Gasteiger partial charge in [-0.15, -0.1) is 10.2 Å². The number of nitrogens with zero attached hydrogens (tertiary/aromatic N) is 7. The van der Waals surface area contributed by atoms with Gasteiger partial charge in [-0.2, -0.15) is 5.10 Å². The van der Waals surface area contributed by atoms with Crippen LogP contribution in [0.25, 0.3) is 22.4 Å². The molecule has 4 heterocycles. The highest BCUT2D eigenvalue weighted by Gasteiger charge is 2.22. The van der Waals surface area contributed by atoms with Gasteiger partial charge in [-0.1, -0.05) is 36.4 Å². The molecule has 1 fully saturated rings. The Morgan fingerprint density at radius 2 is 1.78 bits per heavy atom. The smallest absolute Gasteiger partial charge is 0.223 e. The normalized spacial score (nSPS) is 14.0. The molecule has 5 aromatic rings. The van der Waals surface area contributed by atoms with Crippen LogP contribution < -0.4 is 9.64 Å². The minimum atomic E-state index is 0.147. The van der Waals surface area contributed by atoms with Crippen LogP contribution in [0.3, 0.4) is 0 Å². The van der Waals surface area contributed by atoms with Gasteiger partial charge in [0.1, 0.15) is 17.1 Å². The Morgan fingerprint density at radius 1 is 0.944 bits per heavy atom. The summed E-state index contributed by atoms with van der Waals surface area (Å²) in [7, 11) is 1.68. The van der Waals surface area contributed by atoms with Gasteiger partial charge in [0.2, 0.25) is 5.91 Å². The maximum absolute atomic E-state index is 13.0. The zero-order valence-corrected chi connectivity index (χ0v) is 20.1. The van der Waals surface area contributed by atoms with Gasteiger partial charge in [-0.25, -0.2) is 4.52 Å². The number of methoxy groups -OCH3 is 1. The second-order valence-electron chi connectivity index (χ2n) is 8.90. The van der Waals surface area contributed by atoms with Crippen molar-refractivity contribution in [2.24, 2.45) is 0 Å². The predicted molar refractivity (Wildman–Crippen MR) is 137 cm³/mol. The number of hydrogen-bond acceptors (Lipinski definition) is 6. The standard InChI is InChI=1S/C27H27N7O2/c1-36-22-9-5-8-21(18-22)31-12-14-32(15-13-31)26(35)11-10-25-28-29-27-24-19-23(20-6-3-2-4-7-20)30-34(24)17-16-33(25)27/h2-9,16-19H,10-15H2,1H3. The molecule has 0 spiro atoms. The summed E-state index contributed by atoms with van der Waals surface area (Å²) in [5, 5.41) is 13.5. The first kappa shape index (κ1) is 22.1. The van der Waals surface area contributed by atoms with Gasteiger partial charge in [-0.05, 0) is 18.2 Å². The van der Waals surface area contributed by atoms with Crippen LogP contribution in [0.4, 0.5) is 5.69 Å². The summed E-state index contributed by atoms with van der Waals surface area (Å²) >= 11 is 0. The topological polar surface area (TPSA) is 80.3 Å². The number of amides is 1. The lowest BCUT2D eigenvalue weighted by Crippen LogP contribution is -2.48. The summed E-state index contributed by atoms with van der Waals surface area (Å²) in [4.78, 5) is 17.2. The number of hydrogen-bond donors (Lipinski definition) is 0. The fourth-order valence-electron chi connectivity index (χ4n) is 4.78. The number of piperazine rings is 1. The Balaban J connectivity index is 1.11. The molecule has 0 bridgehead atoms. The van der Waals surface area contributed by atoms with Crippen molar-refractivity contribution in [3.63, 3.8) is 0 Å². The minimum Gasteiger partial charge on any atom is -0.497 e. The van der Waals surface area contributed by atoms with Gasteiger partial charge in [0.25, 0.3) is 0 Å². The molecule has 1 aliphatic rings. The molecule has 182 valence electrons. The van der Waals surface area contributed by atoms with Crippen molar-refractivity contribution in [2.75, 3.05) is 38.2 Å². The lowest BCUT2D eigenvalue weighted by molar-refractivity contribution is -0.131. The van der Waals surface area contributed by atoms with Gasteiger partial charge in [0.05, 0.1) is 12.8 Å². The van der Waals surface area contributed by atoms with E-state index in [1.165, 1.54) is 0 Å². The van der Waals surface area contributed by atoms with Crippen LogP contribution in [0.2, 0.25) is 0 Å². The molecule has 3 aromatic heterocycles. The first-order valence-corrected chi connectivity index (χ1v) is 12.1. The third kappa shape index (κ3) is 4.13. The molecule has 1 saturated heterocycles. The monoisotopic (exact) mass is 481 g/mol. The molecule has 1 aliphatic heterocycles. The fraction of sp³-hybridized carbons (Fsp3) is 0.259. The van der Waals surface area contributed by atoms with Gasteiger partial charge < -0.3 is 14.5 Å². The maximum Gasteiger partial charge on any atom is 0.223 e. The molecule has 1 amide bonds. The molecule has 0 radical (unpaired) electrons. The van der Waals surface area contributed by atoms with Crippen LogP contribution in [0.1, 0.15) is 12.2 Å². The Labute approximate surface area is 208 Å². The van der Waals surface area contributed by atoms with Crippen LogP contribution in [-0.2, 0) is 11.2 Å². The molecular weight excluding hydrogens is 454 g/mol. The summed E-state index contributed by atoms with van der Waals surface area (Å²) in [5.41, 5.74) is 4.68. The molecule has 0 saturated carbocycles. The molecule has 0 aliphatic carbocycles. The number of rotatable bonds is 6. The van der Waals surface area contributed by atoms with Crippen molar-refractivity contribution < 1.29 is 9.53 Å². The Bertz CT molecular complexity index is 1520. The first-order chi connectivity index (χ1) is 17.7. The summed E-state index contributed by atoms with van der Waals surface area (Å²) in [5.74, 6) is 1.77. The Kier molecular flexibility index (Phi) is 5.73. The number of anilines is 1. The lowest BCUT2D eigenvalue weighted by atomic mass is 10.1. The number of aromatic nitrogens is 5. The molecule has 0 atom stereocenters. The van der Waals surface area contributed by atoms with E-state index >= 15 is 0 Å². The molecule has 9 nitrogen and oxygen atoms in total. The SMILES string of the molecule is COc1cccc(N2CCN(C(=O)CCc3nnc4c5cc(-c6ccccc6)nn5ccn34)CC2)c1. The number of carbonyl (C=O) groups excluding carboxylic acids is 1. The maximum atomic E-state index is 13.0. The van der Waals surface area contributed by atoms with E-state index in [1.807, 2.05) is 80.8 Å². The van der Waals surface area contributed by atoms with E-state index in [9.17, 15) is 4.79 Å². The van der Waals surface area contributed by atoms with Crippen molar-refractivity contribution in [1.29, 1.82) is 0 Å². The average molecular weight is 482 g/mol. The first-order valence-electron chi connectivity index (χ1n) is 12.1. The highest BCUT2D eigenvalue weighted by Crippen LogP contribution is 2.23. The van der Waals surface area contributed by atoms with Crippen molar-refractivity contribution in [2.45, 2.75) is 12.8 Å². The highest BCUT2D eigenvalue weighted by atomic mass is 16.5. The molecule has 36 heavy (non-hydrogen) atoms. The molecule has 6 rings (SSSR count). The number of fused-ring (bicyclic) bond motifs is 3. The number of aryl methyl sites for hydroxylation is 1. The third-order valence-corrected chi connectivity index (χ3v) is 6.77. The summed E-state index contributed by atoms with van der Waals surface area (Å²) < 4.78 is 9.12. The summed E-state index contributed by atoms with van der Waals surface area (Å²) in [6, 6.07) is 20.1. The summed E-state index contributed by atoms with van der Waals surface area (Å²) in [6.45, 7) is 3.01. The second-order valence-corrected chi connectivity index (χ2v) is 8.90.